The molecule has 2 N–H and O–H groups in total. The maximum absolute atomic E-state index is 13.7. The minimum atomic E-state index is -1.10. The number of alkyl carbamates (subject to hydrolysis) is 1. The van der Waals surface area contributed by atoms with Gasteiger partial charge in [-0.15, -0.1) is 0 Å². The monoisotopic (exact) mass is 1830 g/mol. The van der Waals surface area contributed by atoms with Crippen LogP contribution in [0.5, 0.6) is 63.2 Å². The number of hydrogen-bond donors (Lipinski definition) is 2. The first-order valence-corrected chi connectivity index (χ1v) is 51.2. The van der Waals surface area contributed by atoms with Crippen LogP contribution in [0.4, 0.5) is 4.79 Å². The van der Waals surface area contributed by atoms with Crippen molar-refractivity contribution in [2.24, 2.45) is 0 Å². The van der Waals surface area contributed by atoms with Gasteiger partial charge in [0.2, 0.25) is 5.91 Å². The maximum Gasteiger partial charge on any atom is 0.408 e. The summed E-state index contributed by atoms with van der Waals surface area (Å²) in [4.78, 5) is 39.2. The molecular weight excluding hydrogens is 1670 g/mol. The molecule has 18 heteroatoms. The van der Waals surface area contributed by atoms with Crippen LogP contribution in [0.1, 0.15) is 357 Å². The van der Waals surface area contributed by atoms with Crippen LogP contribution < -0.4 is 62.7 Å². The van der Waals surface area contributed by atoms with Crippen LogP contribution in [0.25, 0.3) is 0 Å². The summed E-state index contributed by atoms with van der Waals surface area (Å²) in [6, 6.07) is 55.4. The van der Waals surface area contributed by atoms with Crippen molar-refractivity contribution in [2.75, 3.05) is 33.5 Å². The van der Waals surface area contributed by atoms with E-state index in [1.54, 1.807) is 32.9 Å². The molecule has 133 heavy (non-hydrogen) atoms. The summed E-state index contributed by atoms with van der Waals surface area (Å²) in [7, 11) is 1.25. The average Bonchev–Trinajstić information content (AvgIpc) is 0.840. The smallest absolute Gasteiger partial charge is 0.408 e. The van der Waals surface area contributed by atoms with E-state index < -0.39 is 35.7 Å². The Morgan fingerprint density at radius 3 is 0.699 bits per heavy atom. The Morgan fingerprint density at radius 1 is 0.256 bits per heavy atom. The van der Waals surface area contributed by atoms with Crippen molar-refractivity contribution in [3.8, 4) is 63.2 Å². The zero-order chi connectivity index (χ0) is 94.2. The molecule has 0 saturated carbocycles. The second-order valence-corrected chi connectivity index (χ2v) is 37.0. The Labute approximate surface area is 799 Å². The number of rotatable bonds is 75. The second kappa shape index (κ2) is 66.2. The van der Waals surface area contributed by atoms with Gasteiger partial charge in [0.15, 0.2) is 0 Å². The summed E-state index contributed by atoms with van der Waals surface area (Å²) in [5.74, 6) is 6.18. The molecule has 0 heterocycles. The Bertz CT molecular complexity index is 4000. The molecule has 0 fully saturated rings. The Morgan fingerprint density at radius 2 is 0.466 bits per heavy atom. The van der Waals surface area contributed by atoms with Crippen LogP contribution in [0, 0.1) is 0 Å². The number of carbonyl (C=O) groups is 3. The first-order valence-electron chi connectivity index (χ1n) is 51.2. The Balaban J connectivity index is 1.01. The van der Waals surface area contributed by atoms with Crippen molar-refractivity contribution < 1.29 is 76.0 Å². The summed E-state index contributed by atoms with van der Waals surface area (Å²) in [6.45, 7) is 20.2. The minimum Gasteiger partial charge on any atom is -0.494 e. The fourth-order valence-corrected chi connectivity index (χ4v) is 15.8. The first kappa shape index (κ1) is 108. The van der Waals surface area contributed by atoms with Crippen LogP contribution >= 0.6 is 0 Å². The molecule has 2 atom stereocenters. The molecule has 0 spiro atoms. The van der Waals surface area contributed by atoms with E-state index in [0.717, 1.165) is 87.6 Å². The Hall–Kier alpha value is -10.2. The van der Waals surface area contributed by atoms with Gasteiger partial charge in [-0.1, -0.05) is 320 Å². The van der Waals surface area contributed by atoms with Gasteiger partial charge in [-0.25, -0.2) is 9.59 Å². The molecular formula is C115H164N2O16. The number of esters is 1. The molecule has 18 nitrogen and oxygen atoms in total. The van der Waals surface area contributed by atoms with E-state index in [4.69, 9.17) is 61.6 Å². The molecule has 0 aliphatic heterocycles. The normalized spacial score (nSPS) is 11.7. The van der Waals surface area contributed by atoms with E-state index in [9.17, 15) is 14.4 Å². The number of amides is 2. The van der Waals surface area contributed by atoms with E-state index in [1.165, 1.54) is 245 Å². The molecule has 8 aromatic carbocycles. The minimum absolute atomic E-state index is 0.0728. The number of unbranched alkanes of at least 4 members (excludes halogenated alkanes) is 36. The van der Waals surface area contributed by atoms with Crippen molar-refractivity contribution in [3.63, 3.8) is 0 Å². The van der Waals surface area contributed by atoms with Crippen LogP contribution in [0.15, 0.2) is 176 Å². The molecule has 0 aliphatic rings. The van der Waals surface area contributed by atoms with Crippen molar-refractivity contribution in [1.82, 2.24) is 10.6 Å². The molecule has 0 bridgehead atoms. The molecule has 730 valence electrons. The first-order chi connectivity index (χ1) is 65.0. The Kier molecular flexibility index (Phi) is 53.8. The highest BCUT2D eigenvalue weighted by atomic mass is 16.6. The van der Waals surface area contributed by atoms with Gasteiger partial charge < -0.3 is 72.2 Å². The van der Waals surface area contributed by atoms with Gasteiger partial charge in [0, 0.05) is 24.6 Å². The second-order valence-electron chi connectivity index (χ2n) is 37.0. The van der Waals surface area contributed by atoms with Crippen molar-refractivity contribution >= 4 is 18.0 Å². The number of benzene rings is 8. The van der Waals surface area contributed by atoms with Crippen LogP contribution in [-0.2, 0) is 71.7 Å². The van der Waals surface area contributed by atoms with Gasteiger partial charge in [0.1, 0.15) is 127 Å². The van der Waals surface area contributed by atoms with Crippen LogP contribution in [-0.4, -0.2) is 69.2 Å². The number of ether oxygens (including phenoxy) is 13. The topological polar surface area (TPSA) is 195 Å². The molecule has 0 aromatic heterocycles. The zero-order valence-electron chi connectivity index (χ0n) is 82.7. The highest BCUT2D eigenvalue weighted by Crippen LogP contribution is 2.33. The van der Waals surface area contributed by atoms with Crippen molar-refractivity contribution in [1.29, 1.82) is 0 Å². The van der Waals surface area contributed by atoms with Gasteiger partial charge in [0.05, 0.1) is 33.5 Å². The van der Waals surface area contributed by atoms with Gasteiger partial charge in [-0.2, -0.15) is 0 Å². The molecule has 0 radical (unpaired) electrons. The third-order valence-corrected chi connectivity index (χ3v) is 23.7. The van der Waals surface area contributed by atoms with E-state index in [2.05, 4.69) is 86.9 Å². The van der Waals surface area contributed by atoms with E-state index in [0.29, 0.717) is 98.7 Å². The molecule has 0 unspecified atom stereocenters. The number of nitrogens with one attached hydrogen (secondary N) is 2. The van der Waals surface area contributed by atoms with Gasteiger partial charge >= 0.3 is 12.1 Å². The van der Waals surface area contributed by atoms with E-state index in [-0.39, 0.29) is 26.2 Å². The van der Waals surface area contributed by atoms with E-state index in [1.807, 2.05) is 115 Å². The number of carbonyl (C=O) groups excluding carboxylic acids is 3. The SMILES string of the molecule is CCCCCCCCCCCCOc1ccc(COc2cc(COc3cc(COc4ccc(C[C@H](NC(=O)OC(C)(C)C)C(=O)N[C@@H](C)C(=O)OC)cc4)cc(OCc4cc(OCc5ccc(OCCCCCCCCCCCC)cc5)cc(OCc5ccc(OCCCCCCCCCCCC)cc5)c4)c3)cc(OCc3ccc(OCCCCCCCCCCCC)cc3)c2)cc1. The summed E-state index contributed by atoms with van der Waals surface area (Å²) in [6.07, 6.45) is 50.3. The lowest BCUT2D eigenvalue weighted by Crippen LogP contribution is -2.52. The lowest BCUT2D eigenvalue weighted by molar-refractivity contribution is -0.144. The summed E-state index contributed by atoms with van der Waals surface area (Å²) >= 11 is 0. The maximum atomic E-state index is 13.7. The van der Waals surface area contributed by atoms with Gasteiger partial charge in [-0.3, -0.25) is 4.79 Å². The number of hydrogen-bond acceptors (Lipinski definition) is 16. The third kappa shape index (κ3) is 48.5. The van der Waals surface area contributed by atoms with Crippen LogP contribution in [0.2, 0.25) is 0 Å². The average molecular weight is 1830 g/mol. The molecule has 8 aromatic rings. The van der Waals surface area contributed by atoms with Crippen LogP contribution in [0.3, 0.4) is 0 Å². The molecule has 0 aliphatic carbocycles. The quantitative estimate of drug-likeness (QED) is 0.0270. The number of methoxy groups -OCH3 is 1. The predicted octanol–water partition coefficient (Wildman–Crippen LogP) is 30.1. The third-order valence-electron chi connectivity index (χ3n) is 23.7. The summed E-state index contributed by atoms with van der Waals surface area (Å²) in [5, 5.41) is 5.36. The molecule has 8 rings (SSSR count). The highest BCUT2D eigenvalue weighted by molar-refractivity contribution is 5.89. The van der Waals surface area contributed by atoms with E-state index >= 15 is 0 Å². The van der Waals surface area contributed by atoms with Crippen molar-refractivity contribution in [3.05, 3.63) is 220 Å². The standard InChI is InChI=1S/C115H164N2O16/c1-10-14-18-22-26-30-34-38-42-46-70-122-100-62-52-93(53-63-100)84-127-105-76-98(77-106(81-105)128-85-94-54-64-101(65-55-94)123-71-47-43-39-35-31-27-23-19-15-11-2)89-131-109-74-97(88-126-104-60-50-92(51-61-104)80-111(117-114(120)133-115(6,7)8)112(118)116-91(5)113(119)121-9)75-110(83-109)132-90-99-78-107(129-86-95-56-66-102(67-57-95)124-72-48-44-40-36-32-28-24-20-16-12-3)82-108(79-99)130-87-96-58-68-103(69-59-96)125-73-49-45-41-37-33-29-25-21-17-13-4/h50-69,74-79,81-83,91,111H,10-49,70-73,80,84-90H2,1-9H3,(H,116,118)(H,117,120)/t91-,111-/m0/s1. The predicted molar refractivity (Wildman–Crippen MR) is 538 cm³/mol. The fourth-order valence-electron chi connectivity index (χ4n) is 15.8. The van der Waals surface area contributed by atoms with Gasteiger partial charge in [-0.05, 0) is 195 Å². The summed E-state index contributed by atoms with van der Waals surface area (Å²) < 4.78 is 82.0. The lowest BCUT2D eigenvalue weighted by Gasteiger charge is -2.24. The van der Waals surface area contributed by atoms with Gasteiger partial charge in [0.25, 0.3) is 0 Å². The largest absolute Gasteiger partial charge is 0.494 e. The van der Waals surface area contributed by atoms with Crippen molar-refractivity contribution in [2.45, 2.75) is 383 Å². The summed E-state index contributed by atoms with van der Waals surface area (Å²) in [5.41, 5.74) is 6.21. The lowest BCUT2D eigenvalue weighted by atomic mass is 10.0. The molecule has 0 saturated heterocycles. The molecule has 2 amide bonds. The fraction of sp³-hybridized carbons (Fsp3) is 0.557. The highest BCUT2D eigenvalue weighted by Gasteiger charge is 2.28. The zero-order valence-corrected chi connectivity index (χ0v) is 82.7.